The van der Waals surface area contributed by atoms with Gasteiger partial charge in [0.05, 0.1) is 18.6 Å². The van der Waals surface area contributed by atoms with Gasteiger partial charge < -0.3 is 5.32 Å². The predicted octanol–water partition coefficient (Wildman–Crippen LogP) is 4.30. The second-order valence-electron chi connectivity index (χ2n) is 5.94. The van der Waals surface area contributed by atoms with Crippen molar-refractivity contribution in [2.45, 2.75) is 19.0 Å². The molecule has 3 aromatic rings. The number of nitrogens with one attached hydrogen (secondary N) is 2. The number of amides is 1. The molecule has 2 N–H and O–H groups in total. The number of hydrogen-bond acceptors (Lipinski definition) is 3. The molecule has 0 aliphatic rings. The molecule has 0 bridgehead atoms. The highest BCUT2D eigenvalue weighted by Crippen LogP contribution is 2.21. The molecule has 1 heterocycles. The van der Waals surface area contributed by atoms with Crippen molar-refractivity contribution in [2.24, 2.45) is 0 Å². The molecule has 3 nitrogen and oxygen atoms in total. The van der Waals surface area contributed by atoms with Crippen LogP contribution in [0.5, 0.6) is 0 Å². The van der Waals surface area contributed by atoms with E-state index in [0.29, 0.717) is 0 Å². The Balaban J connectivity index is 1.66. The first-order valence-electron chi connectivity index (χ1n) is 8.40. The van der Waals surface area contributed by atoms with Gasteiger partial charge in [0.25, 0.3) is 0 Å². The van der Waals surface area contributed by atoms with Crippen LogP contribution in [0.3, 0.4) is 0 Å². The highest BCUT2D eigenvalue weighted by molar-refractivity contribution is 7.10. The summed E-state index contributed by atoms with van der Waals surface area (Å²) in [5.74, 6) is -0.00207. The summed E-state index contributed by atoms with van der Waals surface area (Å²) in [6.07, 6.45) is 0. The van der Waals surface area contributed by atoms with Crippen molar-refractivity contribution < 1.29 is 4.79 Å². The molecule has 25 heavy (non-hydrogen) atoms. The fourth-order valence-electron chi connectivity index (χ4n) is 2.82. The van der Waals surface area contributed by atoms with E-state index in [0.717, 1.165) is 16.0 Å². The molecule has 2 aromatic carbocycles. The number of carbonyl (C=O) groups excluding carboxylic acids is 1. The fraction of sp³-hybridized carbons (Fsp3) is 0.190. The first-order chi connectivity index (χ1) is 12.2. The van der Waals surface area contributed by atoms with Gasteiger partial charge in [-0.15, -0.1) is 11.3 Å². The van der Waals surface area contributed by atoms with E-state index in [1.54, 1.807) is 11.3 Å². The van der Waals surface area contributed by atoms with Crippen LogP contribution in [0.15, 0.2) is 78.2 Å². The summed E-state index contributed by atoms with van der Waals surface area (Å²) in [5, 5.41) is 8.47. The summed E-state index contributed by atoms with van der Waals surface area (Å²) >= 11 is 1.66. The Bertz CT molecular complexity index is 733. The van der Waals surface area contributed by atoms with E-state index in [2.05, 4.69) is 34.9 Å². The SMILES string of the molecule is C[C@@H](NC(=O)CNC(c1ccccc1)c1ccccc1)c1cccs1. The normalized spacial score (nSPS) is 12.1. The van der Waals surface area contributed by atoms with Crippen LogP contribution in [0, 0.1) is 0 Å². The first-order valence-corrected chi connectivity index (χ1v) is 9.28. The molecule has 4 heteroatoms. The highest BCUT2D eigenvalue weighted by Gasteiger charge is 2.16. The van der Waals surface area contributed by atoms with Gasteiger partial charge in [0.1, 0.15) is 0 Å². The maximum absolute atomic E-state index is 12.3. The molecule has 1 atom stereocenters. The third kappa shape index (κ3) is 4.78. The molecule has 0 radical (unpaired) electrons. The maximum atomic E-state index is 12.3. The van der Waals surface area contributed by atoms with Gasteiger partial charge in [0.15, 0.2) is 0 Å². The summed E-state index contributed by atoms with van der Waals surface area (Å²) in [7, 11) is 0. The average Bonchev–Trinajstić information content (AvgIpc) is 3.18. The zero-order chi connectivity index (χ0) is 17.5. The van der Waals surface area contributed by atoms with Crippen LogP contribution in [0.2, 0.25) is 0 Å². The molecular weight excluding hydrogens is 328 g/mol. The minimum Gasteiger partial charge on any atom is -0.348 e. The van der Waals surface area contributed by atoms with Gasteiger partial charge in [-0.05, 0) is 29.5 Å². The van der Waals surface area contributed by atoms with Crippen molar-refractivity contribution in [3.8, 4) is 0 Å². The van der Waals surface area contributed by atoms with Crippen LogP contribution in [0.1, 0.15) is 35.0 Å². The van der Waals surface area contributed by atoms with Gasteiger partial charge in [-0.2, -0.15) is 0 Å². The second-order valence-corrected chi connectivity index (χ2v) is 6.92. The van der Waals surface area contributed by atoms with Crippen LogP contribution >= 0.6 is 11.3 Å². The van der Waals surface area contributed by atoms with Crippen LogP contribution in [-0.2, 0) is 4.79 Å². The van der Waals surface area contributed by atoms with Gasteiger partial charge in [0.2, 0.25) is 5.91 Å². The van der Waals surface area contributed by atoms with E-state index in [4.69, 9.17) is 0 Å². The number of benzene rings is 2. The lowest BCUT2D eigenvalue weighted by molar-refractivity contribution is -0.120. The summed E-state index contributed by atoms with van der Waals surface area (Å²) in [6.45, 7) is 2.28. The van der Waals surface area contributed by atoms with Gasteiger partial charge >= 0.3 is 0 Å². The monoisotopic (exact) mass is 350 g/mol. The van der Waals surface area contributed by atoms with Crippen LogP contribution < -0.4 is 10.6 Å². The van der Waals surface area contributed by atoms with E-state index in [1.165, 1.54) is 0 Å². The lowest BCUT2D eigenvalue weighted by Crippen LogP contribution is -2.37. The van der Waals surface area contributed by atoms with Crippen LogP contribution in [0.25, 0.3) is 0 Å². The predicted molar refractivity (Wildman–Crippen MR) is 104 cm³/mol. The summed E-state index contributed by atoms with van der Waals surface area (Å²) < 4.78 is 0. The molecule has 0 unspecified atom stereocenters. The second kappa shape index (κ2) is 8.60. The maximum Gasteiger partial charge on any atom is 0.234 e. The van der Waals surface area contributed by atoms with Crippen molar-refractivity contribution in [3.63, 3.8) is 0 Å². The lowest BCUT2D eigenvalue weighted by Gasteiger charge is -2.20. The van der Waals surface area contributed by atoms with Crippen molar-refractivity contribution in [3.05, 3.63) is 94.2 Å². The van der Waals surface area contributed by atoms with Gasteiger partial charge in [-0.25, -0.2) is 0 Å². The molecule has 0 saturated carbocycles. The Morgan fingerprint density at radius 1 is 0.920 bits per heavy atom. The molecule has 128 valence electrons. The number of thiophene rings is 1. The zero-order valence-electron chi connectivity index (χ0n) is 14.2. The Hall–Kier alpha value is -2.43. The van der Waals surface area contributed by atoms with Gasteiger partial charge in [-0.1, -0.05) is 66.7 Å². The molecular formula is C21H22N2OS. The smallest absolute Gasteiger partial charge is 0.234 e. The summed E-state index contributed by atoms with van der Waals surface area (Å²) in [6, 6.07) is 24.5. The number of carbonyl (C=O) groups is 1. The van der Waals surface area contributed by atoms with E-state index < -0.39 is 0 Å². The molecule has 3 rings (SSSR count). The molecule has 0 spiro atoms. The summed E-state index contributed by atoms with van der Waals surface area (Å²) in [4.78, 5) is 13.5. The quantitative estimate of drug-likeness (QED) is 0.667. The third-order valence-corrected chi connectivity index (χ3v) is 5.14. The highest BCUT2D eigenvalue weighted by atomic mass is 32.1. The van der Waals surface area contributed by atoms with Crippen LogP contribution in [0.4, 0.5) is 0 Å². The van der Waals surface area contributed by atoms with Crippen molar-refractivity contribution >= 4 is 17.2 Å². The van der Waals surface area contributed by atoms with Gasteiger partial charge in [0, 0.05) is 4.88 Å². The van der Waals surface area contributed by atoms with Gasteiger partial charge in [-0.3, -0.25) is 10.1 Å². The standard InChI is InChI=1S/C21H22N2OS/c1-16(19-13-8-14-25-19)23-20(24)15-22-21(17-9-4-2-5-10-17)18-11-6-3-7-12-18/h2-14,16,21-22H,15H2,1H3,(H,23,24)/t16-/m1/s1. The van der Waals surface area contributed by atoms with E-state index in [9.17, 15) is 4.79 Å². The van der Waals surface area contributed by atoms with Crippen molar-refractivity contribution in [1.29, 1.82) is 0 Å². The first kappa shape index (κ1) is 17.4. The molecule has 0 saturated heterocycles. The van der Waals surface area contributed by atoms with E-state index in [-0.39, 0.29) is 24.5 Å². The zero-order valence-corrected chi connectivity index (χ0v) is 15.0. The van der Waals surface area contributed by atoms with E-state index in [1.807, 2.05) is 60.8 Å². The Morgan fingerprint density at radius 2 is 1.52 bits per heavy atom. The van der Waals surface area contributed by atoms with Crippen molar-refractivity contribution in [1.82, 2.24) is 10.6 Å². The Morgan fingerprint density at radius 3 is 2.04 bits per heavy atom. The Kier molecular flexibility index (Phi) is 5.99. The molecule has 1 amide bonds. The largest absolute Gasteiger partial charge is 0.348 e. The van der Waals surface area contributed by atoms with Crippen molar-refractivity contribution in [2.75, 3.05) is 6.54 Å². The molecule has 1 aromatic heterocycles. The number of hydrogen-bond donors (Lipinski definition) is 2. The minimum atomic E-state index is -0.00908. The average molecular weight is 350 g/mol. The Labute approximate surface area is 152 Å². The molecule has 0 aliphatic carbocycles. The number of rotatable bonds is 7. The van der Waals surface area contributed by atoms with Crippen LogP contribution in [-0.4, -0.2) is 12.5 Å². The molecule has 0 fully saturated rings. The van der Waals surface area contributed by atoms with E-state index >= 15 is 0 Å². The lowest BCUT2D eigenvalue weighted by atomic mass is 9.99. The fourth-order valence-corrected chi connectivity index (χ4v) is 3.55. The third-order valence-electron chi connectivity index (χ3n) is 4.08. The minimum absolute atomic E-state index is 0.00207. The molecule has 0 aliphatic heterocycles. The summed E-state index contributed by atoms with van der Waals surface area (Å²) in [5.41, 5.74) is 2.29. The topological polar surface area (TPSA) is 41.1 Å².